The maximum absolute atomic E-state index is 4.07. The predicted molar refractivity (Wildman–Crippen MR) is 34.0 cm³/mol. The van der Waals surface area contributed by atoms with Crippen LogP contribution in [0.15, 0.2) is 10.3 Å². The van der Waals surface area contributed by atoms with E-state index in [1.165, 1.54) is 25.7 Å². The number of hydrogen-bond acceptors (Lipinski definition) is 3. The van der Waals surface area contributed by atoms with E-state index in [0.717, 1.165) is 0 Å². The van der Waals surface area contributed by atoms with E-state index in [2.05, 4.69) is 15.8 Å². The highest BCUT2D eigenvalue weighted by Crippen LogP contribution is 2.24. The molecule has 1 heterocycles. The fraction of sp³-hybridized carbons (Fsp3) is 1.00. The van der Waals surface area contributed by atoms with Crippen LogP contribution >= 0.6 is 0 Å². The van der Waals surface area contributed by atoms with Gasteiger partial charge in [-0.05, 0) is 12.8 Å². The largest absolute Gasteiger partial charge is 0.286 e. The Kier molecular flexibility index (Phi) is 1.14. The predicted octanol–water partition coefficient (Wildman–Crippen LogP) is 1.27. The standard InChI is InChI=1S/C6H11N3/c1-2-4-6-5(3-1)7-9-8-6/h5-6H,1-4H2,(H,7,8)/t5-,6-/m0/s1. The average Bonchev–Trinajstić information content (AvgIpc) is 2.33. The second-order valence-corrected chi connectivity index (χ2v) is 2.80. The van der Waals surface area contributed by atoms with Crippen LogP contribution in [0.3, 0.4) is 0 Å². The van der Waals surface area contributed by atoms with Crippen LogP contribution in [0, 0.1) is 0 Å². The molecule has 0 amide bonds. The summed E-state index contributed by atoms with van der Waals surface area (Å²) in [6.45, 7) is 0. The summed E-state index contributed by atoms with van der Waals surface area (Å²) in [6, 6.07) is 1.09. The summed E-state index contributed by atoms with van der Waals surface area (Å²) in [5.74, 6) is 0. The highest BCUT2D eigenvalue weighted by molar-refractivity contribution is 4.86. The molecule has 1 aliphatic carbocycles. The Hall–Kier alpha value is -0.600. The van der Waals surface area contributed by atoms with Gasteiger partial charge >= 0.3 is 0 Å². The van der Waals surface area contributed by atoms with Gasteiger partial charge in [0.25, 0.3) is 0 Å². The highest BCUT2D eigenvalue weighted by atomic mass is 15.5. The van der Waals surface area contributed by atoms with Crippen molar-refractivity contribution in [3.63, 3.8) is 0 Å². The van der Waals surface area contributed by atoms with Gasteiger partial charge < -0.3 is 0 Å². The van der Waals surface area contributed by atoms with E-state index in [1.54, 1.807) is 0 Å². The molecule has 1 saturated carbocycles. The van der Waals surface area contributed by atoms with Crippen LogP contribution in [0.2, 0.25) is 0 Å². The van der Waals surface area contributed by atoms with Crippen molar-refractivity contribution >= 4 is 0 Å². The van der Waals surface area contributed by atoms with Crippen LogP contribution in [0.25, 0.3) is 0 Å². The molecule has 3 nitrogen and oxygen atoms in total. The summed E-state index contributed by atoms with van der Waals surface area (Å²) in [7, 11) is 0. The van der Waals surface area contributed by atoms with Gasteiger partial charge in [0, 0.05) is 0 Å². The number of nitrogens with zero attached hydrogens (tertiary/aromatic N) is 2. The zero-order valence-electron chi connectivity index (χ0n) is 5.38. The van der Waals surface area contributed by atoms with Crippen molar-refractivity contribution in [2.24, 2.45) is 10.3 Å². The van der Waals surface area contributed by atoms with Crippen molar-refractivity contribution in [1.82, 2.24) is 5.43 Å². The van der Waals surface area contributed by atoms with Gasteiger partial charge in [-0.15, -0.1) is 0 Å². The van der Waals surface area contributed by atoms with Crippen molar-refractivity contribution < 1.29 is 0 Å². The molecule has 1 fully saturated rings. The molecule has 2 aliphatic rings. The fourth-order valence-electron chi connectivity index (χ4n) is 1.58. The van der Waals surface area contributed by atoms with E-state index in [4.69, 9.17) is 0 Å². The van der Waals surface area contributed by atoms with Crippen molar-refractivity contribution in [1.29, 1.82) is 0 Å². The Labute approximate surface area is 54.5 Å². The fourth-order valence-corrected chi connectivity index (χ4v) is 1.58. The average molecular weight is 125 g/mol. The zero-order chi connectivity index (χ0) is 6.10. The van der Waals surface area contributed by atoms with Crippen LogP contribution in [-0.2, 0) is 0 Å². The number of rotatable bonds is 0. The summed E-state index contributed by atoms with van der Waals surface area (Å²) in [5, 5.41) is 7.87. The molecule has 2 rings (SSSR count). The summed E-state index contributed by atoms with van der Waals surface area (Å²) in [6.07, 6.45) is 5.18. The first kappa shape index (κ1) is 5.21. The second kappa shape index (κ2) is 1.97. The van der Waals surface area contributed by atoms with Gasteiger partial charge in [-0.2, -0.15) is 5.11 Å². The Morgan fingerprint density at radius 3 is 3.00 bits per heavy atom. The van der Waals surface area contributed by atoms with Gasteiger partial charge in [0.2, 0.25) is 0 Å². The minimum Gasteiger partial charge on any atom is -0.286 e. The van der Waals surface area contributed by atoms with Crippen LogP contribution in [0.1, 0.15) is 25.7 Å². The number of nitrogens with one attached hydrogen (secondary N) is 1. The maximum atomic E-state index is 4.07. The van der Waals surface area contributed by atoms with Crippen LogP contribution in [0.4, 0.5) is 0 Å². The minimum absolute atomic E-state index is 0.513. The molecular weight excluding hydrogens is 114 g/mol. The van der Waals surface area contributed by atoms with E-state index in [0.29, 0.717) is 12.1 Å². The summed E-state index contributed by atoms with van der Waals surface area (Å²) in [4.78, 5) is 0. The third-order valence-corrected chi connectivity index (χ3v) is 2.16. The van der Waals surface area contributed by atoms with E-state index in [1.807, 2.05) is 0 Å². The Morgan fingerprint density at radius 2 is 2.11 bits per heavy atom. The number of hydrogen-bond donors (Lipinski definition) is 1. The third-order valence-electron chi connectivity index (χ3n) is 2.16. The molecule has 3 heteroatoms. The molecule has 2 atom stereocenters. The van der Waals surface area contributed by atoms with Gasteiger partial charge in [-0.25, -0.2) is 0 Å². The first-order valence-corrected chi connectivity index (χ1v) is 3.62. The van der Waals surface area contributed by atoms with Gasteiger partial charge in [0.1, 0.15) is 0 Å². The third kappa shape index (κ3) is 0.802. The molecule has 0 aromatic heterocycles. The van der Waals surface area contributed by atoms with Crippen molar-refractivity contribution in [3.05, 3.63) is 0 Å². The quantitative estimate of drug-likeness (QED) is 0.520. The minimum atomic E-state index is 0.513. The lowest BCUT2D eigenvalue weighted by Crippen LogP contribution is -2.33. The summed E-state index contributed by atoms with van der Waals surface area (Å²) < 4.78 is 0. The molecule has 0 unspecified atom stereocenters. The van der Waals surface area contributed by atoms with Crippen molar-refractivity contribution in [2.75, 3.05) is 0 Å². The van der Waals surface area contributed by atoms with E-state index >= 15 is 0 Å². The SMILES string of the molecule is C1CC[C@@H]2NN=N[C@H]2C1. The topological polar surface area (TPSA) is 36.8 Å². The molecule has 0 radical (unpaired) electrons. The van der Waals surface area contributed by atoms with Crippen LogP contribution in [-0.4, -0.2) is 12.1 Å². The molecule has 0 spiro atoms. The molecule has 1 N–H and O–H groups in total. The smallest absolute Gasteiger partial charge is 0.0947 e. The van der Waals surface area contributed by atoms with Gasteiger partial charge in [-0.3, -0.25) is 5.43 Å². The first-order valence-electron chi connectivity index (χ1n) is 3.62. The maximum Gasteiger partial charge on any atom is 0.0947 e. The lowest BCUT2D eigenvalue weighted by Gasteiger charge is -2.20. The van der Waals surface area contributed by atoms with E-state index < -0.39 is 0 Å². The molecule has 0 aromatic rings. The lowest BCUT2D eigenvalue weighted by atomic mass is 9.92. The highest BCUT2D eigenvalue weighted by Gasteiger charge is 2.27. The zero-order valence-corrected chi connectivity index (χ0v) is 5.38. The monoisotopic (exact) mass is 125 g/mol. The van der Waals surface area contributed by atoms with E-state index in [-0.39, 0.29) is 0 Å². The van der Waals surface area contributed by atoms with E-state index in [9.17, 15) is 0 Å². The number of fused-ring (bicyclic) bond motifs is 1. The van der Waals surface area contributed by atoms with Gasteiger partial charge in [0.05, 0.1) is 12.1 Å². The van der Waals surface area contributed by atoms with Crippen LogP contribution < -0.4 is 5.43 Å². The Balaban J connectivity index is 2.03. The molecule has 50 valence electrons. The Morgan fingerprint density at radius 1 is 1.22 bits per heavy atom. The van der Waals surface area contributed by atoms with Gasteiger partial charge in [-0.1, -0.05) is 18.1 Å². The first-order chi connectivity index (χ1) is 4.47. The molecule has 1 aliphatic heterocycles. The molecule has 0 bridgehead atoms. The lowest BCUT2D eigenvalue weighted by molar-refractivity contribution is 0.378. The van der Waals surface area contributed by atoms with Crippen LogP contribution in [0.5, 0.6) is 0 Å². The normalized spacial score (nSPS) is 40.0. The molecular formula is C6H11N3. The molecule has 0 aromatic carbocycles. The van der Waals surface area contributed by atoms with Crippen molar-refractivity contribution in [3.8, 4) is 0 Å². The Bertz CT molecular complexity index is 132. The second-order valence-electron chi connectivity index (χ2n) is 2.80. The van der Waals surface area contributed by atoms with Crippen molar-refractivity contribution in [2.45, 2.75) is 37.8 Å². The molecule has 0 saturated heterocycles. The summed E-state index contributed by atoms with van der Waals surface area (Å²) >= 11 is 0. The molecule has 9 heavy (non-hydrogen) atoms. The summed E-state index contributed by atoms with van der Waals surface area (Å²) in [5.41, 5.74) is 3.02. The van der Waals surface area contributed by atoms with Gasteiger partial charge in [0.15, 0.2) is 0 Å².